The number of alkyl halides is 2. The van der Waals surface area contributed by atoms with Gasteiger partial charge in [0.15, 0.2) is 0 Å². The fraction of sp³-hybridized carbons (Fsp3) is 0.278. The first-order valence-corrected chi connectivity index (χ1v) is 9.53. The van der Waals surface area contributed by atoms with E-state index in [1.54, 1.807) is 6.07 Å². The van der Waals surface area contributed by atoms with Crippen LogP contribution in [0.15, 0.2) is 40.9 Å². The molecule has 0 bridgehead atoms. The molecule has 0 spiro atoms. The van der Waals surface area contributed by atoms with Crippen molar-refractivity contribution in [3.05, 3.63) is 58.1 Å². The van der Waals surface area contributed by atoms with Crippen molar-refractivity contribution < 1.29 is 9.13 Å². The van der Waals surface area contributed by atoms with E-state index in [1.165, 1.54) is 6.07 Å². The first kappa shape index (κ1) is 17.1. The molecule has 1 aliphatic heterocycles. The number of rotatable bonds is 3. The van der Waals surface area contributed by atoms with Gasteiger partial charge in [0.2, 0.25) is 5.02 Å². The van der Waals surface area contributed by atoms with Crippen molar-refractivity contribution in [3.63, 3.8) is 0 Å². The Kier molecular flexibility index (Phi) is 4.42. The molecular weight excluding hydrogens is 430 g/mol. The summed E-state index contributed by atoms with van der Waals surface area (Å²) < 4.78 is 22.0. The normalized spacial score (nSPS) is 19.6. The summed E-state index contributed by atoms with van der Waals surface area (Å²) in [7, 11) is 0. The number of para-hydroxylation sites is 1. The van der Waals surface area contributed by atoms with Crippen LogP contribution in [0.4, 0.5) is 4.39 Å². The highest BCUT2D eigenvalue weighted by atomic mass is 79.9. The average molecular weight is 444 g/mol. The molecule has 4 rings (SSSR count). The average Bonchev–Trinajstić information content (AvgIpc) is 3.06. The van der Waals surface area contributed by atoms with Crippen LogP contribution in [-0.4, -0.2) is 14.6 Å². The molecule has 130 valence electrons. The van der Waals surface area contributed by atoms with Gasteiger partial charge in [-0.05, 0) is 34.5 Å². The lowest BCUT2D eigenvalue weighted by molar-refractivity contribution is 0.345. The highest BCUT2D eigenvalue weighted by Crippen LogP contribution is 2.45. The molecule has 25 heavy (non-hydrogen) atoms. The van der Waals surface area contributed by atoms with Gasteiger partial charge in [0.25, 0.3) is 0 Å². The Balaban J connectivity index is 1.90. The maximum absolute atomic E-state index is 13.9. The summed E-state index contributed by atoms with van der Waals surface area (Å²) in [5.41, 5.74) is 2.53. The van der Waals surface area contributed by atoms with Crippen LogP contribution in [0, 0.1) is 5.82 Å². The lowest BCUT2D eigenvalue weighted by Gasteiger charge is -2.19. The molecule has 2 unspecified atom stereocenters. The number of hydrogen-bond donors (Lipinski definition) is 0. The van der Waals surface area contributed by atoms with Crippen LogP contribution < -0.4 is 4.74 Å². The standard InChI is InChI=1S/C18H14BrCl2FN2O/c1-9-6-14(10-4-2-3-5-16(10)25-18(20)21)24-15-7-11(19)12(22)8-13(15)23-17(9)24/h2-5,7-9,14,18H,6H2,1H3. The van der Waals surface area contributed by atoms with E-state index < -0.39 is 5.02 Å². The molecule has 1 aliphatic rings. The van der Waals surface area contributed by atoms with Gasteiger partial charge in [0.1, 0.15) is 17.4 Å². The minimum atomic E-state index is -0.942. The van der Waals surface area contributed by atoms with Gasteiger partial charge in [-0.15, -0.1) is 0 Å². The highest BCUT2D eigenvalue weighted by Gasteiger charge is 2.34. The van der Waals surface area contributed by atoms with Crippen molar-refractivity contribution in [2.75, 3.05) is 0 Å². The number of fused-ring (bicyclic) bond motifs is 3. The Morgan fingerprint density at radius 3 is 2.84 bits per heavy atom. The zero-order valence-corrected chi connectivity index (χ0v) is 16.3. The van der Waals surface area contributed by atoms with Crippen molar-refractivity contribution in [1.29, 1.82) is 0 Å². The molecule has 7 heteroatoms. The second kappa shape index (κ2) is 6.45. The first-order valence-electron chi connectivity index (χ1n) is 7.86. The smallest absolute Gasteiger partial charge is 0.247 e. The molecule has 3 aromatic rings. The highest BCUT2D eigenvalue weighted by molar-refractivity contribution is 9.10. The van der Waals surface area contributed by atoms with Gasteiger partial charge < -0.3 is 9.30 Å². The van der Waals surface area contributed by atoms with Crippen LogP contribution in [0.1, 0.15) is 36.7 Å². The number of nitrogens with zero attached hydrogens (tertiary/aromatic N) is 2. The molecule has 0 radical (unpaired) electrons. The van der Waals surface area contributed by atoms with Gasteiger partial charge >= 0.3 is 0 Å². The fourth-order valence-electron chi connectivity index (χ4n) is 3.56. The molecule has 3 nitrogen and oxygen atoms in total. The molecule has 0 aliphatic carbocycles. The number of imidazole rings is 1. The molecule has 1 aromatic heterocycles. The largest absolute Gasteiger partial charge is 0.460 e. The van der Waals surface area contributed by atoms with Crippen LogP contribution in [0.2, 0.25) is 0 Å². The van der Waals surface area contributed by atoms with Crippen LogP contribution in [0.25, 0.3) is 11.0 Å². The topological polar surface area (TPSA) is 27.1 Å². The maximum Gasteiger partial charge on any atom is 0.247 e. The quantitative estimate of drug-likeness (QED) is 0.452. The van der Waals surface area contributed by atoms with Gasteiger partial charge in [-0.25, -0.2) is 9.37 Å². The predicted molar refractivity (Wildman–Crippen MR) is 101 cm³/mol. The lowest BCUT2D eigenvalue weighted by Crippen LogP contribution is -2.09. The summed E-state index contributed by atoms with van der Waals surface area (Å²) in [5, 5.41) is -0.942. The third kappa shape index (κ3) is 2.92. The maximum atomic E-state index is 13.9. The molecule has 0 saturated carbocycles. The molecule has 0 amide bonds. The summed E-state index contributed by atoms with van der Waals surface area (Å²) in [4.78, 5) is 4.65. The summed E-state index contributed by atoms with van der Waals surface area (Å²) in [6, 6.07) is 11.0. The Morgan fingerprint density at radius 2 is 2.08 bits per heavy atom. The van der Waals surface area contributed by atoms with E-state index in [0.29, 0.717) is 15.7 Å². The molecule has 2 heterocycles. The Hall–Kier alpha value is -1.30. The Labute approximate surface area is 162 Å². The van der Waals surface area contributed by atoms with Crippen LogP contribution >= 0.6 is 39.1 Å². The monoisotopic (exact) mass is 442 g/mol. The van der Waals surface area contributed by atoms with Crippen molar-refractivity contribution in [1.82, 2.24) is 9.55 Å². The second-order valence-corrected chi connectivity index (χ2v) is 8.03. The Bertz CT molecular complexity index is 960. The molecule has 2 aromatic carbocycles. The summed E-state index contributed by atoms with van der Waals surface area (Å²) in [6.45, 7) is 2.12. The zero-order valence-electron chi connectivity index (χ0n) is 13.2. The minimum Gasteiger partial charge on any atom is -0.460 e. The lowest BCUT2D eigenvalue weighted by atomic mass is 9.99. The second-order valence-electron chi connectivity index (χ2n) is 6.16. The molecular formula is C18H14BrCl2FN2O. The zero-order chi connectivity index (χ0) is 17.7. The molecule has 0 fully saturated rings. The van der Waals surface area contributed by atoms with E-state index in [-0.39, 0.29) is 17.8 Å². The van der Waals surface area contributed by atoms with Gasteiger partial charge in [-0.1, -0.05) is 48.3 Å². The van der Waals surface area contributed by atoms with E-state index in [0.717, 1.165) is 23.3 Å². The van der Waals surface area contributed by atoms with Gasteiger partial charge in [-0.3, -0.25) is 0 Å². The van der Waals surface area contributed by atoms with Gasteiger partial charge in [0.05, 0.1) is 21.5 Å². The van der Waals surface area contributed by atoms with E-state index in [1.807, 2.05) is 24.3 Å². The van der Waals surface area contributed by atoms with Crippen molar-refractivity contribution in [2.24, 2.45) is 0 Å². The molecule has 0 N–H and O–H groups in total. The predicted octanol–water partition coefficient (Wildman–Crippen LogP) is 6.17. The minimum absolute atomic E-state index is 0.0237. The summed E-state index contributed by atoms with van der Waals surface area (Å²) >= 11 is 14.9. The van der Waals surface area contributed by atoms with Crippen molar-refractivity contribution >= 4 is 50.2 Å². The van der Waals surface area contributed by atoms with Gasteiger partial charge in [0, 0.05) is 17.5 Å². The number of benzene rings is 2. The van der Waals surface area contributed by atoms with Crippen LogP contribution in [-0.2, 0) is 0 Å². The van der Waals surface area contributed by atoms with E-state index in [2.05, 4.69) is 32.4 Å². The first-order chi connectivity index (χ1) is 12.0. The SMILES string of the molecule is CC1CC(c2ccccc2OC(Cl)Cl)n2c1nc1cc(F)c(Br)cc12. The fourth-order valence-corrected chi connectivity index (χ4v) is 4.08. The van der Waals surface area contributed by atoms with Gasteiger partial charge in [-0.2, -0.15) is 0 Å². The van der Waals surface area contributed by atoms with Crippen LogP contribution in [0.5, 0.6) is 5.75 Å². The van der Waals surface area contributed by atoms with Crippen molar-refractivity contribution in [2.45, 2.75) is 30.3 Å². The number of ether oxygens (including phenoxy) is 1. The van der Waals surface area contributed by atoms with E-state index >= 15 is 0 Å². The number of aromatic nitrogens is 2. The molecule has 2 atom stereocenters. The van der Waals surface area contributed by atoms with E-state index in [9.17, 15) is 4.39 Å². The number of halogens is 4. The number of hydrogen-bond acceptors (Lipinski definition) is 2. The van der Waals surface area contributed by atoms with Crippen LogP contribution in [0.3, 0.4) is 0 Å². The third-order valence-corrected chi connectivity index (χ3v) is 5.37. The third-order valence-electron chi connectivity index (χ3n) is 4.58. The molecule has 0 saturated heterocycles. The Morgan fingerprint density at radius 1 is 1.32 bits per heavy atom. The summed E-state index contributed by atoms with van der Waals surface area (Å²) in [6.07, 6.45) is 0.878. The van der Waals surface area contributed by atoms with E-state index in [4.69, 9.17) is 27.9 Å². The summed E-state index contributed by atoms with van der Waals surface area (Å²) in [5.74, 6) is 1.52. The van der Waals surface area contributed by atoms with Crippen molar-refractivity contribution in [3.8, 4) is 5.75 Å².